The summed E-state index contributed by atoms with van der Waals surface area (Å²) in [5.74, 6) is -1.93. The number of ketones is 2. The highest BCUT2D eigenvalue weighted by Crippen LogP contribution is 2.58. The van der Waals surface area contributed by atoms with Gasteiger partial charge in [-0.1, -0.05) is 53.6 Å². The van der Waals surface area contributed by atoms with Crippen molar-refractivity contribution in [3.8, 4) is 0 Å². The molecule has 4 aromatic rings. The monoisotopic (exact) mass is 534 g/mol. The molecule has 0 radical (unpaired) electrons. The highest BCUT2D eigenvalue weighted by molar-refractivity contribution is 6.30. The second-order valence-electron chi connectivity index (χ2n) is 10.3. The Morgan fingerprint density at radius 1 is 0.974 bits per heavy atom. The Labute approximate surface area is 229 Å². The number of hydrogen-bond acceptors (Lipinski definition) is 5. The van der Waals surface area contributed by atoms with Crippen LogP contribution in [0.2, 0.25) is 5.02 Å². The van der Waals surface area contributed by atoms with Gasteiger partial charge in [-0.05, 0) is 72.6 Å². The SMILES string of the molecule is Cc1ccc2c(c1)C=C[C@@H]1N2[C@H](C(=O)c2ccc(Cl)cc2)[C@H](C(=O)c2ccco2)[C@@]12C(=O)Nc1ccccc12. The van der Waals surface area contributed by atoms with Gasteiger partial charge in [0.15, 0.2) is 11.5 Å². The van der Waals surface area contributed by atoms with Crippen LogP contribution in [-0.4, -0.2) is 29.6 Å². The Bertz CT molecular complexity index is 1690. The van der Waals surface area contributed by atoms with Crippen molar-refractivity contribution in [1.82, 2.24) is 0 Å². The molecule has 6 nitrogen and oxygen atoms in total. The first-order chi connectivity index (χ1) is 18.9. The molecule has 1 fully saturated rings. The standard InChI is InChI=1S/C32H23ClN2O4/c1-18-8-14-24-20(17-18)11-15-26-32(22-5-2-3-6-23(22)34-31(32)38)27(30(37)25-7-4-16-39-25)28(35(24)26)29(36)19-9-12-21(33)13-10-19/h2-17,26-28H,1H3,(H,34,38)/t26-,27+,28-,32-/m0/s1. The van der Waals surface area contributed by atoms with E-state index in [9.17, 15) is 14.4 Å². The third kappa shape index (κ3) is 3.25. The van der Waals surface area contributed by atoms with Gasteiger partial charge in [-0.3, -0.25) is 14.4 Å². The van der Waals surface area contributed by atoms with Gasteiger partial charge in [0, 0.05) is 22.0 Å². The molecule has 3 aliphatic rings. The number of aryl methyl sites for hydroxylation is 1. The normalized spacial score (nSPS) is 24.3. The summed E-state index contributed by atoms with van der Waals surface area (Å²) in [7, 11) is 0. The quantitative estimate of drug-likeness (QED) is 0.320. The lowest BCUT2D eigenvalue weighted by atomic mass is 9.64. The van der Waals surface area contributed by atoms with E-state index in [1.165, 1.54) is 6.26 Å². The van der Waals surface area contributed by atoms with Crippen LogP contribution >= 0.6 is 11.6 Å². The number of benzene rings is 3. The number of carbonyl (C=O) groups is 3. The van der Waals surface area contributed by atoms with Gasteiger partial charge in [0.05, 0.1) is 18.2 Å². The summed E-state index contributed by atoms with van der Waals surface area (Å²) in [5, 5.41) is 3.52. The fourth-order valence-electron chi connectivity index (χ4n) is 6.66. The molecule has 0 saturated carbocycles. The molecule has 0 unspecified atom stereocenters. The zero-order valence-corrected chi connectivity index (χ0v) is 21.7. The molecule has 7 rings (SSSR count). The van der Waals surface area contributed by atoms with Crippen LogP contribution in [0.3, 0.4) is 0 Å². The third-order valence-electron chi connectivity index (χ3n) is 8.23. The van der Waals surface area contributed by atoms with Crippen LogP contribution in [0.4, 0.5) is 11.4 Å². The number of fused-ring (bicyclic) bond motifs is 6. The fourth-order valence-corrected chi connectivity index (χ4v) is 6.78. The minimum Gasteiger partial charge on any atom is -0.461 e. The first-order valence-electron chi connectivity index (χ1n) is 12.8. The van der Waals surface area contributed by atoms with Crippen molar-refractivity contribution in [2.75, 3.05) is 10.2 Å². The van der Waals surface area contributed by atoms with E-state index in [4.69, 9.17) is 16.0 Å². The van der Waals surface area contributed by atoms with E-state index in [1.54, 1.807) is 36.4 Å². The Hall–Kier alpha value is -4.42. The highest BCUT2D eigenvalue weighted by atomic mass is 35.5. The van der Waals surface area contributed by atoms with Gasteiger partial charge in [-0.25, -0.2) is 0 Å². The molecule has 1 aromatic heterocycles. The van der Waals surface area contributed by atoms with Gasteiger partial charge in [-0.15, -0.1) is 0 Å². The lowest BCUT2D eigenvalue weighted by molar-refractivity contribution is -0.121. The number of rotatable bonds is 4. The van der Waals surface area contributed by atoms with Crippen molar-refractivity contribution in [2.45, 2.75) is 24.4 Å². The Morgan fingerprint density at radius 3 is 2.54 bits per heavy atom. The molecule has 39 heavy (non-hydrogen) atoms. The molecule has 4 heterocycles. The average molecular weight is 535 g/mol. The van der Waals surface area contributed by atoms with Crippen LogP contribution in [0.15, 0.2) is 95.6 Å². The van der Waals surface area contributed by atoms with Crippen molar-refractivity contribution in [2.24, 2.45) is 5.92 Å². The molecular weight excluding hydrogens is 512 g/mol. The number of Topliss-reactive ketones (excluding diaryl/α,β-unsaturated/α-hetero) is 2. The van der Waals surface area contributed by atoms with Crippen LogP contribution < -0.4 is 10.2 Å². The molecule has 0 aliphatic carbocycles. The van der Waals surface area contributed by atoms with Gasteiger partial charge < -0.3 is 14.6 Å². The van der Waals surface area contributed by atoms with Crippen molar-refractivity contribution in [3.05, 3.63) is 124 Å². The van der Waals surface area contributed by atoms with Gasteiger partial charge in [0.1, 0.15) is 11.5 Å². The largest absolute Gasteiger partial charge is 0.461 e. The summed E-state index contributed by atoms with van der Waals surface area (Å²) in [4.78, 5) is 45.1. The number of amides is 1. The van der Waals surface area contributed by atoms with Gasteiger partial charge in [0.2, 0.25) is 11.7 Å². The Kier molecular flexibility index (Phi) is 5.19. The number of anilines is 2. The molecule has 0 bridgehead atoms. The maximum atomic E-state index is 14.5. The molecule has 1 amide bonds. The summed E-state index contributed by atoms with van der Waals surface area (Å²) in [5.41, 5.74) is 3.17. The second-order valence-corrected chi connectivity index (χ2v) is 10.7. The molecular formula is C32H23ClN2O4. The van der Waals surface area contributed by atoms with E-state index in [0.717, 1.165) is 16.8 Å². The van der Waals surface area contributed by atoms with Crippen LogP contribution in [0.5, 0.6) is 0 Å². The number of hydrogen-bond donors (Lipinski definition) is 1. The second kappa shape index (κ2) is 8.55. The number of halogens is 1. The van der Waals surface area contributed by atoms with E-state index >= 15 is 0 Å². The third-order valence-corrected chi connectivity index (χ3v) is 8.48. The minimum absolute atomic E-state index is 0.110. The topological polar surface area (TPSA) is 79.6 Å². The molecule has 4 atom stereocenters. The zero-order valence-electron chi connectivity index (χ0n) is 20.9. The maximum Gasteiger partial charge on any atom is 0.238 e. The molecule has 1 saturated heterocycles. The lowest BCUT2D eigenvalue weighted by Crippen LogP contribution is -2.51. The van der Waals surface area contributed by atoms with Crippen molar-refractivity contribution in [3.63, 3.8) is 0 Å². The molecule has 192 valence electrons. The number of nitrogens with zero attached hydrogens (tertiary/aromatic N) is 1. The predicted octanol–water partition coefficient (Wildman–Crippen LogP) is 6.10. The molecule has 3 aliphatic heterocycles. The molecule has 1 N–H and O–H groups in total. The van der Waals surface area contributed by atoms with Crippen LogP contribution in [0.1, 0.15) is 37.6 Å². The smallest absolute Gasteiger partial charge is 0.238 e. The highest BCUT2D eigenvalue weighted by Gasteiger charge is 2.70. The molecule has 3 aromatic carbocycles. The van der Waals surface area contributed by atoms with Crippen LogP contribution in [-0.2, 0) is 10.2 Å². The van der Waals surface area contributed by atoms with Crippen LogP contribution in [0.25, 0.3) is 6.08 Å². The van der Waals surface area contributed by atoms with Gasteiger partial charge in [-0.2, -0.15) is 0 Å². The Balaban J connectivity index is 1.54. The van der Waals surface area contributed by atoms with Gasteiger partial charge >= 0.3 is 0 Å². The van der Waals surface area contributed by atoms with Crippen molar-refractivity contribution in [1.29, 1.82) is 0 Å². The summed E-state index contributed by atoms with van der Waals surface area (Å²) in [6.07, 6.45) is 5.38. The van der Waals surface area contributed by atoms with Crippen molar-refractivity contribution < 1.29 is 18.8 Å². The van der Waals surface area contributed by atoms with E-state index in [-0.39, 0.29) is 17.5 Å². The maximum absolute atomic E-state index is 14.5. The number of carbonyl (C=O) groups excluding carboxylic acids is 3. The number of furan rings is 1. The zero-order chi connectivity index (χ0) is 26.9. The molecule has 1 spiro atoms. The van der Waals surface area contributed by atoms with E-state index < -0.39 is 29.2 Å². The first-order valence-corrected chi connectivity index (χ1v) is 13.1. The average Bonchev–Trinajstić information content (AvgIpc) is 3.65. The predicted molar refractivity (Wildman–Crippen MR) is 149 cm³/mol. The van der Waals surface area contributed by atoms with E-state index in [2.05, 4.69) is 5.32 Å². The van der Waals surface area contributed by atoms with Gasteiger partial charge in [0.25, 0.3) is 0 Å². The van der Waals surface area contributed by atoms with E-state index in [1.807, 2.05) is 66.4 Å². The Morgan fingerprint density at radius 2 is 1.77 bits per heavy atom. The van der Waals surface area contributed by atoms with E-state index in [0.29, 0.717) is 21.8 Å². The van der Waals surface area contributed by atoms with Crippen molar-refractivity contribution >= 4 is 46.5 Å². The number of para-hydroxylation sites is 1. The fraction of sp³-hybridized carbons (Fsp3) is 0.156. The van der Waals surface area contributed by atoms with Crippen LogP contribution in [0, 0.1) is 12.8 Å². The minimum atomic E-state index is -1.37. The first kappa shape index (κ1) is 23.7. The number of nitrogens with one attached hydrogen (secondary N) is 1. The summed E-state index contributed by atoms with van der Waals surface area (Å²) >= 11 is 6.14. The molecule has 7 heteroatoms. The summed E-state index contributed by atoms with van der Waals surface area (Å²) < 4.78 is 5.58. The summed E-state index contributed by atoms with van der Waals surface area (Å²) in [6.45, 7) is 2.01. The lowest BCUT2D eigenvalue weighted by Gasteiger charge is -2.37. The summed E-state index contributed by atoms with van der Waals surface area (Å²) in [6, 6.07) is 21.7.